The number of aliphatic imine (C=N–C) groups is 3. The number of fused-ring (bicyclic) bond motifs is 1. The van der Waals surface area contributed by atoms with E-state index in [4.69, 9.17) is 10.5 Å². The SMILES string of the molecule is CC(C)CCC1(N)N=CN=C2C1=NCN2[C@@H]1O[C@H](CO)[C@@H](O)[C@H]1O. The van der Waals surface area contributed by atoms with E-state index in [1.807, 2.05) is 0 Å². The molecule has 0 amide bonds. The molecular formula is C15H25N5O4. The Kier molecular flexibility index (Phi) is 4.71. The molecule has 5 N–H and O–H groups in total. The van der Waals surface area contributed by atoms with Crippen LogP contribution in [0.25, 0.3) is 0 Å². The maximum absolute atomic E-state index is 10.2. The molecule has 0 spiro atoms. The van der Waals surface area contributed by atoms with Gasteiger partial charge < -0.3 is 30.7 Å². The van der Waals surface area contributed by atoms with Gasteiger partial charge in [0.1, 0.15) is 37.0 Å². The Morgan fingerprint density at radius 2 is 2.17 bits per heavy atom. The molecule has 3 aliphatic heterocycles. The third-order valence-electron chi connectivity index (χ3n) is 4.67. The average Bonchev–Trinajstić information content (AvgIpc) is 3.09. The summed E-state index contributed by atoms with van der Waals surface area (Å²) < 4.78 is 5.57. The molecule has 0 aromatic rings. The maximum Gasteiger partial charge on any atom is 0.162 e. The molecule has 1 saturated heterocycles. The van der Waals surface area contributed by atoms with Crippen molar-refractivity contribution in [3.63, 3.8) is 0 Å². The summed E-state index contributed by atoms with van der Waals surface area (Å²) in [5, 5.41) is 29.4. The first-order valence-corrected chi connectivity index (χ1v) is 8.22. The molecule has 0 radical (unpaired) electrons. The fourth-order valence-corrected chi connectivity index (χ4v) is 3.16. The molecule has 3 rings (SSSR count). The van der Waals surface area contributed by atoms with Crippen LogP contribution in [0.2, 0.25) is 0 Å². The minimum atomic E-state index is -1.17. The van der Waals surface area contributed by atoms with Gasteiger partial charge in [-0.25, -0.2) is 9.98 Å². The summed E-state index contributed by atoms with van der Waals surface area (Å²) in [7, 11) is 0. The van der Waals surface area contributed by atoms with Crippen molar-refractivity contribution in [2.45, 2.75) is 56.9 Å². The molecule has 3 aliphatic rings. The lowest BCUT2D eigenvalue weighted by molar-refractivity contribution is -0.0688. The highest BCUT2D eigenvalue weighted by Gasteiger charge is 2.50. The molecule has 0 bridgehead atoms. The van der Waals surface area contributed by atoms with Crippen molar-refractivity contribution >= 4 is 17.9 Å². The van der Waals surface area contributed by atoms with Crippen LogP contribution >= 0.6 is 0 Å². The standard InChI is InChI=1S/C15H25N5O4/c1-8(2)3-4-15(16)12-13(17-6-19-15)20(7-18-12)14-11(23)10(22)9(5-21)24-14/h6,8-11,14,21-23H,3-5,7,16H2,1-2H3/t9-,10-,11-,14-,15?/m1/s1. The van der Waals surface area contributed by atoms with E-state index in [2.05, 4.69) is 28.8 Å². The van der Waals surface area contributed by atoms with E-state index in [0.29, 0.717) is 23.9 Å². The number of nitrogens with two attached hydrogens (primary N) is 1. The summed E-state index contributed by atoms with van der Waals surface area (Å²) in [5.74, 6) is 0.993. The topological polar surface area (TPSA) is 136 Å². The normalized spacial score (nSPS) is 38.5. The maximum atomic E-state index is 10.2. The van der Waals surface area contributed by atoms with Crippen LogP contribution in [-0.2, 0) is 4.74 Å². The van der Waals surface area contributed by atoms with Crippen LogP contribution in [0.3, 0.4) is 0 Å². The smallest absolute Gasteiger partial charge is 0.162 e. The van der Waals surface area contributed by atoms with Gasteiger partial charge >= 0.3 is 0 Å². The zero-order valence-electron chi connectivity index (χ0n) is 13.9. The summed E-state index contributed by atoms with van der Waals surface area (Å²) in [5.41, 5.74) is 6.08. The van der Waals surface area contributed by atoms with Gasteiger partial charge in [-0.2, -0.15) is 0 Å². The Balaban J connectivity index is 1.78. The van der Waals surface area contributed by atoms with Crippen LogP contribution in [-0.4, -0.2) is 81.6 Å². The molecular weight excluding hydrogens is 314 g/mol. The molecule has 1 unspecified atom stereocenters. The molecule has 9 nitrogen and oxygen atoms in total. The predicted octanol–water partition coefficient (Wildman–Crippen LogP) is -1.33. The average molecular weight is 339 g/mol. The van der Waals surface area contributed by atoms with Crippen molar-refractivity contribution in [1.29, 1.82) is 0 Å². The summed E-state index contributed by atoms with van der Waals surface area (Å²) >= 11 is 0. The van der Waals surface area contributed by atoms with Gasteiger partial charge in [0.05, 0.1) is 6.61 Å². The van der Waals surface area contributed by atoms with Gasteiger partial charge in [-0.1, -0.05) is 13.8 Å². The van der Waals surface area contributed by atoms with Crippen LogP contribution < -0.4 is 5.73 Å². The van der Waals surface area contributed by atoms with E-state index in [0.717, 1.165) is 6.42 Å². The number of ether oxygens (including phenoxy) is 1. The lowest BCUT2D eigenvalue weighted by Gasteiger charge is -2.32. The number of rotatable bonds is 5. The van der Waals surface area contributed by atoms with E-state index in [1.54, 1.807) is 4.90 Å². The van der Waals surface area contributed by atoms with Crippen molar-refractivity contribution in [2.24, 2.45) is 26.6 Å². The number of amidine groups is 1. The molecule has 134 valence electrons. The number of aliphatic hydroxyl groups is 3. The number of nitrogens with zero attached hydrogens (tertiary/aromatic N) is 4. The monoisotopic (exact) mass is 339 g/mol. The van der Waals surface area contributed by atoms with Crippen molar-refractivity contribution in [3.05, 3.63) is 0 Å². The van der Waals surface area contributed by atoms with E-state index in [-0.39, 0.29) is 13.3 Å². The minimum absolute atomic E-state index is 0.213. The highest BCUT2D eigenvalue weighted by molar-refractivity contribution is 6.47. The van der Waals surface area contributed by atoms with Crippen LogP contribution in [0.1, 0.15) is 26.7 Å². The van der Waals surface area contributed by atoms with E-state index in [1.165, 1.54) is 6.34 Å². The highest BCUT2D eigenvalue weighted by Crippen LogP contribution is 2.30. The van der Waals surface area contributed by atoms with Gasteiger partial charge in [0.15, 0.2) is 17.7 Å². The van der Waals surface area contributed by atoms with Crippen LogP contribution in [0.15, 0.2) is 15.0 Å². The second kappa shape index (κ2) is 6.49. The first-order valence-electron chi connectivity index (χ1n) is 8.22. The van der Waals surface area contributed by atoms with Gasteiger partial charge in [-0.05, 0) is 18.8 Å². The number of aliphatic hydroxyl groups excluding tert-OH is 3. The van der Waals surface area contributed by atoms with Gasteiger partial charge in [-0.15, -0.1) is 0 Å². The van der Waals surface area contributed by atoms with Gasteiger partial charge in [0.2, 0.25) is 0 Å². The summed E-state index contributed by atoms with van der Waals surface area (Å²) in [6.07, 6.45) is -1.05. The van der Waals surface area contributed by atoms with Gasteiger partial charge in [0, 0.05) is 0 Å². The molecule has 5 atom stereocenters. The molecule has 9 heteroatoms. The quantitative estimate of drug-likeness (QED) is 0.490. The predicted molar refractivity (Wildman–Crippen MR) is 88.8 cm³/mol. The van der Waals surface area contributed by atoms with Crippen LogP contribution in [0.5, 0.6) is 0 Å². The van der Waals surface area contributed by atoms with Gasteiger partial charge in [-0.3, -0.25) is 4.99 Å². The fourth-order valence-electron chi connectivity index (χ4n) is 3.16. The molecule has 3 heterocycles. The second-order valence-electron chi connectivity index (χ2n) is 6.90. The zero-order valence-corrected chi connectivity index (χ0v) is 13.9. The third kappa shape index (κ3) is 2.86. The Morgan fingerprint density at radius 1 is 1.42 bits per heavy atom. The van der Waals surface area contributed by atoms with E-state index < -0.39 is 30.2 Å². The molecule has 0 aromatic heterocycles. The van der Waals surface area contributed by atoms with Crippen molar-refractivity contribution in [1.82, 2.24) is 4.90 Å². The fraction of sp³-hybridized carbons (Fsp3) is 0.800. The highest BCUT2D eigenvalue weighted by atomic mass is 16.6. The molecule has 0 aromatic carbocycles. The van der Waals surface area contributed by atoms with E-state index in [9.17, 15) is 15.3 Å². The Bertz CT molecular complexity index is 578. The minimum Gasteiger partial charge on any atom is -0.394 e. The second-order valence-corrected chi connectivity index (χ2v) is 6.90. The molecule has 0 saturated carbocycles. The summed E-state index contributed by atoms with van der Waals surface area (Å²) in [6.45, 7) is 4.07. The zero-order chi connectivity index (χ0) is 17.5. The van der Waals surface area contributed by atoms with Crippen LogP contribution in [0.4, 0.5) is 0 Å². The van der Waals surface area contributed by atoms with Crippen LogP contribution in [0, 0.1) is 5.92 Å². The summed E-state index contributed by atoms with van der Waals surface area (Å²) in [6, 6.07) is 0. The van der Waals surface area contributed by atoms with Crippen molar-refractivity contribution in [2.75, 3.05) is 13.3 Å². The third-order valence-corrected chi connectivity index (χ3v) is 4.67. The van der Waals surface area contributed by atoms with E-state index >= 15 is 0 Å². The molecule has 0 aliphatic carbocycles. The number of hydrogen-bond donors (Lipinski definition) is 4. The van der Waals surface area contributed by atoms with Gasteiger partial charge in [0.25, 0.3) is 0 Å². The van der Waals surface area contributed by atoms with Crippen molar-refractivity contribution in [3.8, 4) is 0 Å². The summed E-state index contributed by atoms with van der Waals surface area (Å²) in [4.78, 5) is 14.7. The first kappa shape index (κ1) is 17.4. The lowest BCUT2D eigenvalue weighted by atomic mass is 9.93. The Hall–Kier alpha value is -1.39. The Morgan fingerprint density at radius 3 is 2.79 bits per heavy atom. The Labute approximate surface area is 140 Å². The van der Waals surface area contributed by atoms with Crippen molar-refractivity contribution < 1.29 is 20.1 Å². The first-order chi connectivity index (χ1) is 11.4. The lowest BCUT2D eigenvalue weighted by Crippen LogP contribution is -2.55. The number of hydrogen-bond acceptors (Lipinski definition) is 9. The molecule has 1 fully saturated rings. The largest absolute Gasteiger partial charge is 0.394 e. The molecule has 24 heavy (non-hydrogen) atoms.